The molecular weight excluding hydrogens is 275 g/mol. The van der Waals surface area contributed by atoms with Crippen LogP contribution in [0.1, 0.15) is 0 Å². The van der Waals surface area contributed by atoms with E-state index in [9.17, 15) is 13.2 Å². The van der Waals surface area contributed by atoms with Gasteiger partial charge in [-0.15, -0.1) is 0 Å². The Kier molecular flexibility index (Phi) is 2.65. The highest BCUT2D eigenvalue weighted by molar-refractivity contribution is 7.98. The molecule has 0 aromatic heterocycles. The van der Waals surface area contributed by atoms with Crippen molar-refractivity contribution < 1.29 is 13.2 Å². The lowest BCUT2D eigenvalue weighted by Crippen LogP contribution is -2.37. The number of nitrogens with one attached hydrogen (secondary N) is 1. The van der Waals surface area contributed by atoms with Crippen LogP contribution in [0.3, 0.4) is 0 Å². The zero-order valence-electron chi connectivity index (χ0n) is 9.38. The van der Waals surface area contributed by atoms with E-state index in [4.69, 9.17) is 12.2 Å². The van der Waals surface area contributed by atoms with Gasteiger partial charge in [-0.25, -0.2) is 4.39 Å². The number of hydrogen-bond acceptors (Lipinski definition) is 2. The van der Waals surface area contributed by atoms with Crippen molar-refractivity contribution in [1.82, 2.24) is 5.32 Å². The largest absolute Gasteiger partial charge is 0.352 e. The van der Waals surface area contributed by atoms with Crippen molar-refractivity contribution in [2.75, 3.05) is 16.4 Å². The Morgan fingerprint density at radius 1 is 1.50 bits per heavy atom. The van der Waals surface area contributed by atoms with Crippen LogP contribution < -0.4 is 10.2 Å². The van der Waals surface area contributed by atoms with E-state index < -0.39 is 10.2 Å². The smallest absolute Gasteiger partial charge is 0.218 e. The molecule has 3 rings (SSSR count). The average Bonchev–Trinajstić information content (AvgIpc) is 2.68. The lowest BCUT2D eigenvalue weighted by atomic mass is 10.1. The summed E-state index contributed by atoms with van der Waals surface area (Å²) in [6.07, 6.45) is 0. The molecule has 2 N–H and O–H groups in total. The van der Waals surface area contributed by atoms with Crippen molar-refractivity contribution in [3.8, 4) is 0 Å². The van der Waals surface area contributed by atoms with Crippen LogP contribution in [0, 0.1) is 5.82 Å². The van der Waals surface area contributed by atoms with E-state index in [1.54, 1.807) is 17.0 Å². The van der Waals surface area contributed by atoms with Crippen LogP contribution in [0.25, 0.3) is 0 Å². The van der Waals surface area contributed by atoms with Crippen molar-refractivity contribution in [3.05, 3.63) is 30.1 Å². The van der Waals surface area contributed by atoms with Gasteiger partial charge in [0.1, 0.15) is 17.9 Å². The van der Waals surface area contributed by atoms with E-state index in [0.29, 0.717) is 10.8 Å². The first-order valence-electron chi connectivity index (χ1n) is 5.53. The molecule has 0 bridgehead atoms. The second-order valence-corrected chi connectivity index (χ2v) is 7.18. The minimum Gasteiger partial charge on any atom is -0.352 e. The number of rotatable bonds is 1. The molecule has 0 spiro atoms. The molecule has 96 valence electrons. The molecule has 2 saturated heterocycles. The Bertz CT molecular complexity index is 566. The highest BCUT2D eigenvalue weighted by atomic mass is 32.3. The van der Waals surface area contributed by atoms with E-state index in [1.807, 2.05) is 0 Å². The molecule has 0 aliphatic carbocycles. The highest BCUT2D eigenvalue weighted by Gasteiger charge is 2.54. The number of halogens is 1. The third-order valence-electron chi connectivity index (χ3n) is 3.28. The number of anilines is 1. The van der Waals surface area contributed by atoms with Crippen molar-refractivity contribution in [2.45, 2.75) is 12.1 Å². The van der Waals surface area contributed by atoms with Crippen molar-refractivity contribution >= 4 is 33.2 Å². The van der Waals surface area contributed by atoms with Gasteiger partial charge < -0.3 is 10.2 Å². The molecule has 1 aromatic rings. The molecule has 3 atom stereocenters. The Hall–Kier alpha value is -1.05. The van der Waals surface area contributed by atoms with E-state index in [0.717, 1.165) is 0 Å². The summed E-state index contributed by atoms with van der Waals surface area (Å²) in [6, 6.07) is 5.80. The summed E-state index contributed by atoms with van der Waals surface area (Å²) in [7, 11) is -2.79. The van der Waals surface area contributed by atoms with Gasteiger partial charge in [-0.05, 0) is 30.4 Å². The van der Waals surface area contributed by atoms with Crippen molar-refractivity contribution in [1.29, 1.82) is 0 Å². The van der Waals surface area contributed by atoms with Crippen LogP contribution in [0.2, 0.25) is 0 Å². The second kappa shape index (κ2) is 3.97. The minimum atomic E-state index is -2.79. The van der Waals surface area contributed by atoms with Gasteiger partial charge in [0.2, 0.25) is 10.2 Å². The molecule has 2 aliphatic heterocycles. The molecule has 1 unspecified atom stereocenters. The van der Waals surface area contributed by atoms with Gasteiger partial charge in [0.15, 0.2) is 16.6 Å². The monoisotopic (exact) mass is 287 g/mol. The summed E-state index contributed by atoms with van der Waals surface area (Å²) in [5.41, 5.74) is 0.622. The van der Waals surface area contributed by atoms with Gasteiger partial charge in [0, 0.05) is 5.69 Å². The van der Waals surface area contributed by atoms with E-state index >= 15 is 0 Å². The molecular formula is C11H12FN2O2S2+. The van der Waals surface area contributed by atoms with Crippen molar-refractivity contribution in [3.63, 3.8) is 0 Å². The van der Waals surface area contributed by atoms with Gasteiger partial charge in [-0.2, -0.15) is 4.55 Å². The first-order chi connectivity index (χ1) is 8.46. The zero-order chi connectivity index (χ0) is 12.9. The third kappa shape index (κ3) is 1.92. The molecule has 7 heteroatoms. The fourth-order valence-electron chi connectivity index (χ4n) is 2.55. The fraction of sp³-hybridized carbons (Fsp3) is 0.364. The summed E-state index contributed by atoms with van der Waals surface area (Å²) in [5.74, 6) is 0.0202. The molecule has 18 heavy (non-hydrogen) atoms. The Morgan fingerprint density at radius 3 is 3.00 bits per heavy atom. The Labute approximate surface area is 110 Å². The number of nitrogens with zero attached hydrogens (tertiary/aromatic N) is 1. The SMILES string of the molecule is O=[S+]1(O)C[C@@H]2[C@@H](C1)NC(=S)N2c1cccc(F)c1. The van der Waals surface area contributed by atoms with Gasteiger partial charge in [-0.1, -0.05) is 10.3 Å². The molecule has 1 aromatic carbocycles. The third-order valence-corrected chi connectivity index (χ3v) is 5.34. The summed E-state index contributed by atoms with van der Waals surface area (Å²) < 4.78 is 34.6. The first kappa shape index (κ1) is 12.0. The Morgan fingerprint density at radius 2 is 2.28 bits per heavy atom. The predicted octanol–water partition coefficient (Wildman–Crippen LogP) is 1.24. The second-order valence-electron chi connectivity index (χ2n) is 4.58. The molecule has 0 radical (unpaired) electrons. The maximum absolute atomic E-state index is 13.2. The summed E-state index contributed by atoms with van der Waals surface area (Å²) in [5, 5.41) is 3.53. The number of fused-ring (bicyclic) bond motifs is 1. The van der Waals surface area contributed by atoms with Crippen LogP contribution in [-0.4, -0.2) is 33.3 Å². The summed E-state index contributed by atoms with van der Waals surface area (Å²) in [6.45, 7) is 0. The molecule has 0 saturated carbocycles. The average molecular weight is 287 g/mol. The fourth-order valence-corrected chi connectivity index (χ4v) is 4.86. The molecule has 2 aliphatic rings. The summed E-state index contributed by atoms with van der Waals surface area (Å²) in [4.78, 5) is 1.74. The zero-order valence-corrected chi connectivity index (χ0v) is 11.0. The molecule has 4 nitrogen and oxygen atoms in total. The van der Waals surface area contributed by atoms with Gasteiger partial charge in [-0.3, -0.25) is 0 Å². The minimum absolute atomic E-state index is 0.127. The topological polar surface area (TPSA) is 52.6 Å². The quantitative estimate of drug-likeness (QED) is 0.601. The molecule has 0 amide bonds. The Balaban J connectivity index is 1.97. The van der Waals surface area contributed by atoms with E-state index in [-0.39, 0.29) is 29.4 Å². The number of benzene rings is 1. The molecule has 2 heterocycles. The van der Waals surface area contributed by atoms with E-state index in [1.165, 1.54) is 12.1 Å². The van der Waals surface area contributed by atoms with E-state index in [2.05, 4.69) is 5.32 Å². The van der Waals surface area contributed by atoms with Gasteiger partial charge in [0.05, 0.1) is 0 Å². The maximum atomic E-state index is 13.2. The van der Waals surface area contributed by atoms with Crippen LogP contribution >= 0.6 is 12.2 Å². The summed E-state index contributed by atoms with van der Waals surface area (Å²) >= 11 is 5.21. The maximum Gasteiger partial charge on any atom is 0.218 e. The van der Waals surface area contributed by atoms with Gasteiger partial charge >= 0.3 is 0 Å². The highest BCUT2D eigenvalue weighted by Crippen LogP contribution is 2.31. The first-order valence-corrected chi connectivity index (χ1v) is 7.80. The van der Waals surface area contributed by atoms with Crippen molar-refractivity contribution in [2.24, 2.45) is 0 Å². The van der Waals surface area contributed by atoms with Crippen LogP contribution in [0.5, 0.6) is 0 Å². The standard InChI is InChI=1S/C11H11FN2O2S2/c12-7-2-1-3-8(4-7)14-10-6-18(15,16)5-9(10)13-11(14)17/h1-4,9-10H,5-6H2,(H-,13,15,16,17)/p+1/t9-,10-/m1/s1. The lowest BCUT2D eigenvalue weighted by molar-refractivity contribution is 0.502. The normalized spacial score (nSPS) is 34.6. The van der Waals surface area contributed by atoms with Crippen LogP contribution in [0.4, 0.5) is 10.1 Å². The van der Waals surface area contributed by atoms with Crippen LogP contribution in [0.15, 0.2) is 24.3 Å². The number of thiocarbonyl (C=S) groups is 1. The van der Waals surface area contributed by atoms with Crippen LogP contribution in [-0.2, 0) is 14.4 Å². The predicted molar refractivity (Wildman–Crippen MR) is 72.6 cm³/mol. The number of hydrogen-bond donors (Lipinski definition) is 2. The molecule has 2 fully saturated rings. The lowest BCUT2D eigenvalue weighted by Gasteiger charge is -2.22. The van der Waals surface area contributed by atoms with Gasteiger partial charge in [0.25, 0.3) is 0 Å².